The van der Waals surface area contributed by atoms with Crippen LogP contribution in [0.5, 0.6) is 0 Å². The molecule has 25 N–H and O–H groups in total. The molecule has 0 unspecified atom stereocenters. The standard InChI is InChI=1S/C72H101N17O26.Ca/c1-5-6-7-8-9-10-11-22-53(93)81-44(25-38-31-76-42-20-15-13-17-39(38)42)66(108)84-45(27-52(75)92)67(109)86-48(30-59(102)103)68(110)89-61-37(4)115-72(114)49(26-51(91)40-18-12-14-19-41(40)74)87-71(113)60(35(2)24-56(96)97)88-69(111)50(34-90)82-55(95)32-77-63(105)46(28-57(98)99)83-62(104)36(3)79-65(107)47(29-58(100)101)85-64(106)43(21-16-23-73)80-54(94)33-78-70(61)112;/h12-15,17-20,31,35-37,43-50,60-61,76,90H,5-11,16,21-30,32-34,73-74H2,1-4H3,(H2,75,92)(H,77,105)(H,78,112)(H,79,107)(H,80,94)(H,81,93)(H,82,95)(H,83,104)(H,84,108)(H,85,106)(H,86,109)(H,87,113)(H,88,111)(H,89,110)(H,96,97)(H,98,99)(H,100,101)(H,102,103);/q;+2/t35-,36-,37-,43+,44+,45+,46+,47+,48+,49+,50-,60+,61+;/m1./s1. The Morgan fingerprint density at radius 2 is 1.09 bits per heavy atom. The van der Waals surface area contributed by atoms with Gasteiger partial charge in [-0.3, -0.25) is 91.1 Å². The number of carboxylic acids is 4. The zero-order valence-electron chi connectivity index (χ0n) is 64.3. The molecule has 0 bridgehead atoms. The van der Waals surface area contributed by atoms with Crippen molar-refractivity contribution in [2.24, 2.45) is 17.4 Å². The number of benzene rings is 2. The van der Waals surface area contributed by atoms with Gasteiger partial charge in [-0.15, -0.1) is 0 Å². The number of rotatable bonds is 35. The molecular formula is C72H101CaN17O26+2. The van der Waals surface area contributed by atoms with Crippen molar-refractivity contribution in [3.63, 3.8) is 0 Å². The number of aromatic amines is 1. The van der Waals surface area contributed by atoms with Crippen LogP contribution in [0.2, 0.25) is 0 Å². The van der Waals surface area contributed by atoms with Crippen LogP contribution in [0, 0.1) is 5.92 Å². The van der Waals surface area contributed by atoms with E-state index in [1.165, 1.54) is 24.3 Å². The van der Waals surface area contributed by atoms with E-state index in [1.54, 1.807) is 30.5 Å². The van der Waals surface area contributed by atoms with Crippen LogP contribution < -0.4 is 86.3 Å². The van der Waals surface area contributed by atoms with Gasteiger partial charge in [0.25, 0.3) is 0 Å². The maximum Gasteiger partial charge on any atom is 2.00 e. The first kappa shape index (κ1) is 98.8. The third-order valence-corrected chi connectivity index (χ3v) is 17.9. The van der Waals surface area contributed by atoms with Gasteiger partial charge < -0.3 is 122 Å². The molecule has 14 amide bonds. The van der Waals surface area contributed by atoms with Crippen LogP contribution in [0.4, 0.5) is 5.69 Å². The summed E-state index contributed by atoms with van der Waals surface area (Å²) in [5.41, 5.74) is 18.1. The molecule has 13 atom stereocenters. The van der Waals surface area contributed by atoms with E-state index in [2.05, 4.69) is 65.1 Å². The third kappa shape index (κ3) is 33.9. The van der Waals surface area contributed by atoms with E-state index in [1.807, 2.05) is 16.0 Å². The molecule has 1 aliphatic heterocycles. The minimum Gasteiger partial charge on any atom is -0.481 e. The number of nitrogens with two attached hydrogens (primary N) is 3. The average molecular weight is 1660 g/mol. The first-order valence-corrected chi connectivity index (χ1v) is 36.8. The monoisotopic (exact) mass is 1660 g/mol. The molecular weight excluding hydrogens is 1560 g/mol. The minimum atomic E-state index is -2.45. The van der Waals surface area contributed by atoms with Gasteiger partial charge in [0, 0.05) is 47.6 Å². The number of carbonyl (C=O) groups is 20. The number of carboxylic acid groups (broad SMARTS) is 4. The Balaban J connectivity index is 0.0000348. The summed E-state index contributed by atoms with van der Waals surface area (Å²) in [5.74, 6) is -29.7. The number of hydrogen-bond donors (Lipinski definition) is 22. The van der Waals surface area contributed by atoms with Crippen LogP contribution in [0.25, 0.3) is 10.9 Å². The van der Waals surface area contributed by atoms with E-state index in [4.69, 9.17) is 21.9 Å². The zero-order valence-corrected chi connectivity index (χ0v) is 66.5. The first-order chi connectivity index (χ1) is 54.4. The van der Waals surface area contributed by atoms with Gasteiger partial charge in [0.1, 0.15) is 72.6 Å². The van der Waals surface area contributed by atoms with Gasteiger partial charge in [-0.1, -0.05) is 82.7 Å². The Bertz CT molecular complexity index is 4050. The maximum absolute atomic E-state index is 14.8. The second-order valence-electron chi connectivity index (χ2n) is 27.2. The molecule has 1 fully saturated rings. The number of cyclic esters (lactones) is 1. The van der Waals surface area contributed by atoms with Crippen molar-refractivity contribution in [1.29, 1.82) is 0 Å². The first-order valence-electron chi connectivity index (χ1n) is 36.8. The number of fused-ring (bicyclic) bond motifs is 1. The van der Waals surface area contributed by atoms with Gasteiger partial charge in [-0.2, -0.15) is 0 Å². The number of Topliss-reactive ketones (excluding diaryl/α,β-unsaturated/α-hetero) is 1. The number of nitrogens with one attached hydrogen (secondary N) is 14. The normalized spacial score (nSPS) is 21.0. The minimum absolute atomic E-state index is 0. The Hall–Kier alpha value is -11.4. The number of nitrogen functional groups attached to an aromatic ring is 1. The molecule has 1 saturated heterocycles. The molecule has 116 heavy (non-hydrogen) atoms. The van der Waals surface area contributed by atoms with Gasteiger partial charge in [0.2, 0.25) is 82.7 Å². The summed E-state index contributed by atoms with van der Waals surface area (Å²) >= 11 is 0. The van der Waals surface area contributed by atoms with E-state index >= 15 is 0 Å². The molecule has 1 aliphatic rings. The van der Waals surface area contributed by atoms with E-state index in [0.29, 0.717) is 29.3 Å². The number of unbranched alkanes of at least 4 members (excludes halogenated alkanes) is 6. The fourth-order valence-electron chi connectivity index (χ4n) is 11.7. The summed E-state index contributed by atoms with van der Waals surface area (Å²) in [6, 6.07) is -10.5. The molecule has 0 aliphatic carbocycles. The molecule has 630 valence electrons. The smallest absolute Gasteiger partial charge is 0.481 e. The Morgan fingerprint density at radius 3 is 1.68 bits per heavy atom. The molecule has 4 rings (SSSR count). The summed E-state index contributed by atoms with van der Waals surface area (Å²) in [7, 11) is 0. The number of aliphatic hydroxyl groups is 1. The molecule has 0 saturated carbocycles. The number of esters is 1. The Kier molecular flexibility index (Phi) is 42.6. The number of anilines is 1. The van der Waals surface area contributed by atoms with E-state index in [0.717, 1.165) is 52.9 Å². The van der Waals surface area contributed by atoms with Gasteiger partial charge in [-0.05, 0) is 69.3 Å². The van der Waals surface area contributed by atoms with Gasteiger partial charge >= 0.3 is 67.6 Å². The summed E-state index contributed by atoms with van der Waals surface area (Å²) in [6.07, 6.45) is -2.33. The largest absolute Gasteiger partial charge is 2.00 e. The van der Waals surface area contributed by atoms with E-state index in [-0.39, 0.29) is 74.8 Å². The van der Waals surface area contributed by atoms with E-state index in [9.17, 15) is 121 Å². The number of ether oxygens (including phenoxy) is 1. The predicted molar refractivity (Wildman–Crippen MR) is 406 cm³/mol. The Labute approximate surface area is 693 Å². The van der Waals surface area contributed by atoms with Crippen molar-refractivity contribution in [2.75, 3.05) is 32.0 Å². The molecule has 0 radical (unpaired) electrons. The number of hydrogen-bond acceptors (Lipinski definition) is 24. The van der Waals surface area contributed by atoms with Crippen molar-refractivity contribution >= 4 is 173 Å². The third-order valence-electron chi connectivity index (χ3n) is 17.9. The van der Waals surface area contributed by atoms with Crippen molar-refractivity contribution < 1.29 is 126 Å². The van der Waals surface area contributed by atoms with Crippen LogP contribution in [0.1, 0.15) is 146 Å². The fraction of sp³-hybridized carbons (Fsp3) is 0.528. The summed E-state index contributed by atoms with van der Waals surface area (Å²) in [6.45, 7) is 1.11. The van der Waals surface area contributed by atoms with E-state index < -0.39 is 261 Å². The number of primary amides is 1. The number of ketones is 1. The van der Waals surface area contributed by atoms with Gasteiger partial charge in [0.15, 0.2) is 5.78 Å². The number of aliphatic carboxylic acids is 4. The molecule has 1 aromatic heterocycles. The number of carbonyl (C=O) groups excluding carboxylic acids is 16. The predicted octanol–water partition coefficient (Wildman–Crippen LogP) is -6.00. The number of aliphatic hydroxyl groups excluding tert-OH is 1. The summed E-state index contributed by atoms with van der Waals surface area (Å²) in [4.78, 5) is 276. The molecule has 0 spiro atoms. The fourth-order valence-corrected chi connectivity index (χ4v) is 11.7. The number of para-hydroxylation sites is 2. The Morgan fingerprint density at radius 1 is 0.552 bits per heavy atom. The molecule has 2 aromatic carbocycles. The van der Waals surface area contributed by atoms with Crippen LogP contribution in [0.3, 0.4) is 0 Å². The zero-order chi connectivity index (χ0) is 85.8. The molecule has 3 aromatic rings. The summed E-state index contributed by atoms with van der Waals surface area (Å²) in [5, 5.41) is 78.7. The van der Waals surface area contributed by atoms with Crippen LogP contribution >= 0.6 is 0 Å². The average Bonchev–Trinajstić information content (AvgIpc) is 1.64. The second kappa shape index (κ2) is 50.0. The number of H-pyrrole nitrogens is 1. The second-order valence-corrected chi connectivity index (χ2v) is 27.2. The van der Waals surface area contributed by atoms with Crippen molar-refractivity contribution in [1.82, 2.24) is 74.1 Å². The summed E-state index contributed by atoms with van der Waals surface area (Å²) < 4.78 is 5.68. The van der Waals surface area contributed by atoms with Gasteiger partial charge in [0.05, 0.1) is 51.8 Å². The van der Waals surface area contributed by atoms with Gasteiger partial charge in [-0.25, -0.2) is 4.79 Å². The van der Waals surface area contributed by atoms with Crippen molar-refractivity contribution in [3.05, 3.63) is 65.9 Å². The van der Waals surface area contributed by atoms with Crippen LogP contribution in [-0.4, -0.2) is 285 Å². The maximum atomic E-state index is 14.8. The number of amides is 14. The molecule has 44 heteroatoms. The van der Waals surface area contributed by atoms with Crippen molar-refractivity contribution in [3.8, 4) is 0 Å². The number of aromatic nitrogens is 1. The van der Waals surface area contributed by atoms with Crippen LogP contribution in [-0.2, 0) is 102 Å². The van der Waals surface area contributed by atoms with Crippen LogP contribution in [0.15, 0.2) is 54.7 Å². The molecule has 2 heterocycles. The molecule has 43 nitrogen and oxygen atoms in total. The SMILES string of the molecule is CCCCCCCCCC(=O)N[C@@H](Cc1c[nH]c2ccccc12)C(=O)N[C@@H](CC(N)=O)C(=O)N[C@@H](CC(=O)O)C(=O)N[C@@H]1C(=O)NCC(=O)N[C@@H](CCCN)C(=O)N[C@@H](CC(=O)O)C(=O)N[C@H](C)C(=O)N[C@@H](CC(=O)O)C(=O)NCC(=O)N[C@H](CO)C(=O)N[C@@H]([C@H](C)CC(=O)O)C(=O)N[C@@H](CC(=O)c2ccccc2N)C(=O)O[C@@H]1C.[Ca+2]. The quantitative estimate of drug-likeness (QED) is 0.00857. The van der Waals surface area contributed by atoms with Crippen molar-refractivity contribution in [2.45, 2.75) is 209 Å². The topological polar surface area (TPSA) is 702 Å².